The summed E-state index contributed by atoms with van der Waals surface area (Å²) >= 11 is 0. The molecule has 0 spiro atoms. The molecule has 2 N–H and O–H groups in total. The fourth-order valence-electron chi connectivity index (χ4n) is 2.29. The summed E-state index contributed by atoms with van der Waals surface area (Å²) in [6, 6.07) is 9.58. The van der Waals surface area contributed by atoms with Crippen molar-refractivity contribution in [2.24, 2.45) is 0 Å². The first-order chi connectivity index (χ1) is 12.6. The Morgan fingerprint density at radius 3 is 2.88 bits per heavy atom. The first-order valence-electron chi connectivity index (χ1n) is 8.12. The number of carbonyl (C=O) groups excluding carboxylic acids is 1. The van der Waals surface area contributed by atoms with Crippen molar-refractivity contribution in [1.29, 1.82) is 0 Å². The highest BCUT2D eigenvalue weighted by Crippen LogP contribution is 2.25. The average molecular weight is 355 g/mol. The van der Waals surface area contributed by atoms with Crippen molar-refractivity contribution < 1.29 is 13.9 Å². The summed E-state index contributed by atoms with van der Waals surface area (Å²) in [5, 5.41) is 9.53. The highest BCUT2D eigenvalue weighted by molar-refractivity contribution is 5.76. The molecule has 0 aliphatic heterocycles. The number of ether oxygens (including phenoxy) is 1. The second kappa shape index (κ2) is 8.19. The number of hydrogen-bond acceptors (Lipinski definition) is 5. The molecule has 0 saturated carbocycles. The Kier molecular flexibility index (Phi) is 5.52. The number of nitrogens with zero attached hydrogens (tertiary/aromatic N) is 3. The maximum atomic E-state index is 13.7. The Bertz CT molecular complexity index is 897. The van der Waals surface area contributed by atoms with Gasteiger partial charge in [0, 0.05) is 31.1 Å². The molecule has 8 heteroatoms. The molecule has 0 unspecified atom stereocenters. The third kappa shape index (κ3) is 4.62. The van der Waals surface area contributed by atoms with E-state index in [-0.39, 0.29) is 30.5 Å². The third-order valence-corrected chi connectivity index (χ3v) is 3.59. The van der Waals surface area contributed by atoms with Crippen LogP contribution in [-0.4, -0.2) is 26.1 Å². The zero-order valence-corrected chi connectivity index (χ0v) is 14.2. The molecule has 1 amide bonds. The van der Waals surface area contributed by atoms with Crippen molar-refractivity contribution in [3.05, 3.63) is 65.6 Å². The van der Waals surface area contributed by atoms with Gasteiger partial charge in [0.2, 0.25) is 11.8 Å². The molecule has 0 aliphatic carbocycles. The summed E-state index contributed by atoms with van der Waals surface area (Å²) in [6.07, 6.45) is 2.26. The number of nitrogens with one attached hydrogen (secondary N) is 2. The lowest BCUT2D eigenvalue weighted by molar-refractivity contribution is -0.121. The second-order valence-electron chi connectivity index (χ2n) is 5.61. The van der Waals surface area contributed by atoms with Crippen molar-refractivity contribution in [2.75, 3.05) is 0 Å². The Morgan fingerprint density at radius 1 is 1.27 bits per heavy atom. The highest BCUT2D eigenvalue weighted by atomic mass is 19.1. The number of halogens is 1. The molecule has 0 atom stereocenters. The minimum absolute atomic E-state index is 0.0822. The fraction of sp³-hybridized carbons (Fsp3) is 0.222. The lowest BCUT2D eigenvalue weighted by atomic mass is 10.2. The molecular formula is C18H18FN5O2. The smallest absolute Gasteiger partial charge is 0.224 e. The third-order valence-electron chi connectivity index (χ3n) is 3.59. The van der Waals surface area contributed by atoms with Gasteiger partial charge >= 0.3 is 0 Å². The van der Waals surface area contributed by atoms with Crippen LogP contribution in [0.4, 0.5) is 4.39 Å². The van der Waals surface area contributed by atoms with Gasteiger partial charge in [-0.1, -0.05) is 18.2 Å². The van der Waals surface area contributed by atoms with E-state index in [1.165, 1.54) is 12.1 Å². The van der Waals surface area contributed by atoms with Crippen molar-refractivity contribution in [2.45, 2.75) is 26.3 Å². The zero-order chi connectivity index (χ0) is 18.4. The zero-order valence-electron chi connectivity index (χ0n) is 14.2. The maximum Gasteiger partial charge on any atom is 0.224 e. The Morgan fingerprint density at radius 2 is 2.12 bits per heavy atom. The molecule has 0 bridgehead atoms. The van der Waals surface area contributed by atoms with E-state index < -0.39 is 5.82 Å². The molecule has 0 radical (unpaired) electrons. The molecule has 1 aromatic carbocycles. The monoisotopic (exact) mass is 355 g/mol. The fourth-order valence-corrected chi connectivity index (χ4v) is 2.29. The van der Waals surface area contributed by atoms with Crippen molar-refractivity contribution >= 4 is 5.91 Å². The van der Waals surface area contributed by atoms with Gasteiger partial charge in [-0.3, -0.25) is 9.89 Å². The van der Waals surface area contributed by atoms with Gasteiger partial charge in [0.1, 0.15) is 5.82 Å². The first kappa shape index (κ1) is 17.5. The largest absolute Gasteiger partial charge is 0.436 e. The summed E-state index contributed by atoms with van der Waals surface area (Å²) in [5.41, 5.74) is 0.651. The van der Waals surface area contributed by atoms with Crippen LogP contribution in [0.25, 0.3) is 0 Å². The number of benzene rings is 1. The lowest BCUT2D eigenvalue weighted by Gasteiger charge is -2.11. The number of rotatable bonds is 7. The van der Waals surface area contributed by atoms with Gasteiger partial charge in [0.15, 0.2) is 17.4 Å². The van der Waals surface area contributed by atoms with Crippen LogP contribution in [0.2, 0.25) is 0 Å². The molecule has 7 nitrogen and oxygen atoms in total. The van der Waals surface area contributed by atoms with Gasteiger partial charge in [0.25, 0.3) is 0 Å². The van der Waals surface area contributed by atoms with Crippen LogP contribution < -0.4 is 10.1 Å². The van der Waals surface area contributed by atoms with Gasteiger partial charge < -0.3 is 10.1 Å². The Labute approximate surface area is 149 Å². The van der Waals surface area contributed by atoms with E-state index in [0.29, 0.717) is 23.6 Å². The van der Waals surface area contributed by atoms with Crippen LogP contribution in [0.5, 0.6) is 11.6 Å². The molecule has 2 aromatic heterocycles. The van der Waals surface area contributed by atoms with E-state index in [1.54, 1.807) is 37.4 Å². The minimum atomic E-state index is -0.477. The van der Waals surface area contributed by atoms with Crippen LogP contribution in [0, 0.1) is 12.7 Å². The summed E-state index contributed by atoms with van der Waals surface area (Å²) in [7, 11) is 0. The van der Waals surface area contributed by atoms with Crippen LogP contribution in [-0.2, 0) is 17.8 Å². The van der Waals surface area contributed by atoms with Crippen molar-refractivity contribution in [1.82, 2.24) is 25.5 Å². The van der Waals surface area contributed by atoms with Gasteiger partial charge in [-0.25, -0.2) is 14.4 Å². The number of aromatic amines is 1. The molecule has 26 heavy (non-hydrogen) atoms. The number of hydrogen-bond donors (Lipinski definition) is 2. The number of amides is 1. The highest BCUT2D eigenvalue weighted by Gasteiger charge is 2.11. The quantitative estimate of drug-likeness (QED) is 0.680. The predicted octanol–water partition coefficient (Wildman–Crippen LogP) is 2.69. The Hall–Kier alpha value is -3.29. The molecule has 0 aliphatic rings. The van der Waals surface area contributed by atoms with E-state index in [2.05, 4.69) is 25.5 Å². The standard InChI is InChI=1S/C18H18FN5O2/c1-12-22-16(24-23-12)8-9-17(25)21-11-13-5-4-10-20-18(13)26-15-7-3-2-6-14(15)19/h2-7,10H,8-9,11H2,1H3,(H,21,25)(H,22,23,24). The van der Waals surface area contributed by atoms with Gasteiger partial charge in [-0.2, -0.15) is 5.10 Å². The van der Waals surface area contributed by atoms with E-state index >= 15 is 0 Å². The maximum absolute atomic E-state index is 13.7. The molecule has 0 fully saturated rings. The molecular weight excluding hydrogens is 337 g/mol. The Balaban J connectivity index is 1.58. The van der Waals surface area contributed by atoms with E-state index in [9.17, 15) is 9.18 Å². The van der Waals surface area contributed by atoms with Gasteiger partial charge in [-0.05, 0) is 25.1 Å². The van der Waals surface area contributed by atoms with Gasteiger partial charge in [0.05, 0.1) is 0 Å². The van der Waals surface area contributed by atoms with Crippen LogP contribution >= 0.6 is 0 Å². The number of H-pyrrole nitrogens is 1. The normalized spacial score (nSPS) is 10.5. The molecule has 134 valence electrons. The second-order valence-corrected chi connectivity index (χ2v) is 5.61. The summed E-state index contributed by atoms with van der Waals surface area (Å²) in [5.74, 6) is 1.03. The lowest BCUT2D eigenvalue weighted by Crippen LogP contribution is -2.23. The molecule has 3 aromatic rings. The number of aromatic nitrogens is 4. The molecule has 2 heterocycles. The van der Waals surface area contributed by atoms with E-state index in [1.807, 2.05) is 0 Å². The summed E-state index contributed by atoms with van der Waals surface area (Å²) in [6.45, 7) is 2.03. The number of aryl methyl sites for hydroxylation is 2. The number of pyridine rings is 1. The van der Waals surface area contributed by atoms with Crippen molar-refractivity contribution in [3.8, 4) is 11.6 Å². The van der Waals surface area contributed by atoms with E-state index in [4.69, 9.17) is 4.74 Å². The van der Waals surface area contributed by atoms with Crippen LogP contribution in [0.1, 0.15) is 23.6 Å². The summed E-state index contributed by atoms with van der Waals surface area (Å²) < 4.78 is 19.3. The van der Waals surface area contributed by atoms with E-state index in [0.717, 1.165) is 0 Å². The molecule has 3 rings (SSSR count). The molecule has 0 saturated heterocycles. The van der Waals surface area contributed by atoms with Crippen LogP contribution in [0.15, 0.2) is 42.6 Å². The minimum Gasteiger partial charge on any atom is -0.436 e. The van der Waals surface area contributed by atoms with Gasteiger partial charge in [-0.15, -0.1) is 0 Å². The SMILES string of the molecule is Cc1nc(CCC(=O)NCc2cccnc2Oc2ccccc2F)n[nH]1. The number of carbonyl (C=O) groups is 1. The topological polar surface area (TPSA) is 92.8 Å². The van der Waals surface area contributed by atoms with Crippen molar-refractivity contribution in [3.63, 3.8) is 0 Å². The number of para-hydroxylation sites is 1. The van der Waals surface area contributed by atoms with Crippen LogP contribution in [0.3, 0.4) is 0 Å². The first-order valence-corrected chi connectivity index (χ1v) is 8.12. The average Bonchev–Trinajstić information content (AvgIpc) is 3.06. The predicted molar refractivity (Wildman–Crippen MR) is 92.0 cm³/mol. The summed E-state index contributed by atoms with van der Waals surface area (Å²) in [4.78, 5) is 20.3.